The summed E-state index contributed by atoms with van der Waals surface area (Å²) in [6.07, 6.45) is 3.51. The summed E-state index contributed by atoms with van der Waals surface area (Å²) in [4.78, 5) is 0. The van der Waals surface area contributed by atoms with Crippen molar-refractivity contribution in [2.45, 2.75) is 63.9 Å². The van der Waals surface area contributed by atoms with E-state index < -0.39 is 27.4 Å². The normalized spacial score (nSPS) is 16.6. The molecule has 0 fully saturated rings. The van der Waals surface area contributed by atoms with Crippen LogP contribution in [0.4, 0.5) is 0 Å². The van der Waals surface area contributed by atoms with E-state index in [-0.39, 0.29) is 9.04 Å². The first-order chi connectivity index (χ1) is 19.4. The Hall–Kier alpha value is -1.70. The zero-order valence-corrected chi connectivity index (χ0v) is 30.7. The molecule has 2 aliphatic rings. The summed E-state index contributed by atoms with van der Waals surface area (Å²) in [6, 6.07) is 27.4. The van der Waals surface area contributed by atoms with Gasteiger partial charge in [0.25, 0.3) is 0 Å². The Balaban J connectivity index is 1.58. The van der Waals surface area contributed by atoms with Crippen molar-refractivity contribution in [3.05, 3.63) is 106 Å². The molecule has 6 rings (SSSR count). The quantitative estimate of drug-likeness (QED) is 0.164. The topological polar surface area (TPSA) is 0 Å². The van der Waals surface area contributed by atoms with Gasteiger partial charge >= 0.3 is 262 Å². The van der Waals surface area contributed by atoms with Gasteiger partial charge in [-0.05, 0) is 0 Å². The molecule has 41 heavy (non-hydrogen) atoms. The molecule has 1 heterocycles. The number of hydrogen-bond acceptors (Lipinski definition) is 0. The molecule has 0 nitrogen and oxygen atoms in total. The third kappa shape index (κ3) is 5.22. The summed E-state index contributed by atoms with van der Waals surface area (Å²) in [6.45, 7) is 16.0. The molecule has 0 amide bonds. The van der Waals surface area contributed by atoms with Gasteiger partial charge in [-0.15, -0.1) is 0 Å². The van der Waals surface area contributed by atoms with Gasteiger partial charge in [0.15, 0.2) is 0 Å². The predicted octanol–water partition coefficient (Wildman–Crippen LogP) is 8.64. The number of aryl methyl sites for hydroxylation is 2. The molecule has 0 saturated heterocycles. The summed E-state index contributed by atoms with van der Waals surface area (Å²) in [7, 11) is 15.2. The molecule has 0 radical (unpaired) electrons. The molecule has 1 aliphatic heterocycles. The summed E-state index contributed by atoms with van der Waals surface area (Å²) < 4.78 is 1.41. The van der Waals surface area contributed by atoms with Gasteiger partial charge in [0.2, 0.25) is 0 Å². The van der Waals surface area contributed by atoms with Crippen LogP contribution in [0, 0.1) is 19.8 Å². The molecule has 0 aromatic heterocycles. The van der Waals surface area contributed by atoms with Crippen LogP contribution in [0.15, 0.2) is 78.4 Å². The fraction of sp³-hybridized carbons (Fsp3) is 0.297. The van der Waals surface area contributed by atoms with Gasteiger partial charge in [-0.1, -0.05) is 0 Å². The Labute approximate surface area is 260 Å². The van der Waals surface area contributed by atoms with E-state index in [1.807, 2.05) is 0 Å². The standard InChI is InChI=1S/C25H31.C12H9Si.2ClH.Zr/c1-16(2)10-19-14-20-8-9-23(25(5,6)7)24(22(20)15-19)21-12-17(3)11-18(4)13-21;1-3-7-11-9(5-1)10-6-2-4-8-12(10)13-11;;;/h8-9,11-16H,10H2,1-7H3;1-7H,13H2;2*1H;/q;;;;+2/p-2. The molecule has 210 valence electrons. The van der Waals surface area contributed by atoms with Crippen molar-refractivity contribution < 1.29 is 17.9 Å². The first-order valence-electron chi connectivity index (χ1n) is 14.9. The van der Waals surface area contributed by atoms with Crippen LogP contribution < -0.4 is 13.6 Å². The maximum atomic E-state index is 7.94. The second kappa shape index (κ2) is 10.8. The van der Waals surface area contributed by atoms with Crippen LogP contribution in [0.1, 0.15) is 72.5 Å². The molecule has 4 aromatic rings. The summed E-state index contributed by atoms with van der Waals surface area (Å²) in [5, 5.41) is 3.01. The number of benzene rings is 4. The SMILES string of the molecule is Cc1cc(C)cc(-c2c(C(C)(C)C)ccc3c2C=C(CC(C)C)[CH]3[Zr]([Cl])([Cl])[c]2cccc3c2[SiH2]c2ccccc2-3)c1. The van der Waals surface area contributed by atoms with Crippen LogP contribution in [0.3, 0.4) is 0 Å². The average Bonchev–Trinajstić information content (AvgIpc) is 3.44. The van der Waals surface area contributed by atoms with Crippen molar-refractivity contribution in [2.75, 3.05) is 0 Å². The van der Waals surface area contributed by atoms with Crippen LogP contribution in [-0.4, -0.2) is 9.52 Å². The molecule has 1 atom stereocenters. The van der Waals surface area contributed by atoms with Crippen LogP contribution in [0.5, 0.6) is 0 Å². The molecule has 0 N–H and O–H groups in total. The predicted molar refractivity (Wildman–Crippen MR) is 181 cm³/mol. The van der Waals surface area contributed by atoms with E-state index in [2.05, 4.69) is 127 Å². The minimum atomic E-state index is -4.02. The third-order valence-corrected chi connectivity index (χ3v) is 23.2. The Bertz CT molecular complexity index is 1690. The van der Waals surface area contributed by atoms with Gasteiger partial charge in [0.05, 0.1) is 0 Å². The van der Waals surface area contributed by atoms with Gasteiger partial charge in [0, 0.05) is 0 Å². The molecular weight excluding hydrogens is 635 g/mol. The van der Waals surface area contributed by atoms with Gasteiger partial charge < -0.3 is 0 Å². The number of halogens is 2. The van der Waals surface area contributed by atoms with Crippen LogP contribution >= 0.6 is 17.0 Å². The number of rotatable bonds is 5. The fourth-order valence-electron chi connectivity index (χ4n) is 7.27. The number of allylic oxidation sites excluding steroid dienone is 1. The molecule has 4 aromatic carbocycles. The van der Waals surface area contributed by atoms with Crippen molar-refractivity contribution in [1.82, 2.24) is 0 Å². The first kappa shape index (κ1) is 29.4. The Kier molecular flexibility index (Phi) is 7.73. The van der Waals surface area contributed by atoms with Gasteiger partial charge in [0.1, 0.15) is 0 Å². The molecule has 0 saturated carbocycles. The molecule has 0 bridgehead atoms. The van der Waals surface area contributed by atoms with E-state index in [0.29, 0.717) is 5.92 Å². The monoisotopic (exact) mass is 672 g/mol. The number of fused-ring (bicyclic) bond motifs is 4. The second-order valence-electron chi connectivity index (χ2n) is 13.7. The zero-order chi connectivity index (χ0) is 29.3. The summed E-state index contributed by atoms with van der Waals surface area (Å²) >= 11 is -4.02. The van der Waals surface area contributed by atoms with Gasteiger partial charge in [-0.25, -0.2) is 0 Å². The maximum absolute atomic E-state index is 7.94. The third-order valence-electron chi connectivity index (χ3n) is 8.83. The van der Waals surface area contributed by atoms with E-state index in [1.54, 1.807) is 0 Å². The van der Waals surface area contributed by atoms with Crippen molar-refractivity contribution in [3.8, 4) is 22.3 Å². The molecule has 4 heteroatoms. The Morgan fingerprint density at radius 1 is 0.854 bits per heavy atom. The minimum absolute atomic E-state index is 0.00603. The zero-order valence-electron chi connectivity index (χ0n) is 25.3. The van der Waals surface area contributed by atoms with Crippen molar-refractivity contribution in [1.29, 1.82) is 0 Å². The second-order valence-corrected chi connectivity index (χ2v) is 29.5. The van der Waals surface area contributed by atoms with Gasteiger partial charge in [-0.2, -0.15) is 0 Å². The van der Waals surface area contributed by atoms with E-state index in [0.717, 1.165) is 6.42 Å². The van der Waals surface area contributed by atoms with Gasteiger partial charge in [-0.3, -0.25) is 0 Å². The van der Waals surface area contributed by atoms with E-state index in [9.17, 15) is 0 Å². The van der Waals surface area contributed by atoms with Crippen LogP contribution in [0.2, 0.25) is 0 Å². The van der Waals surface area contributed by atoms with E-state index >= 15 is 0 Å². The average molecular weight is 675 g/mol. The molecule has 0 spiro atoms. The van der Waals surface area contributed by atoms with Crippen molar-refractivity contribution in [2.24, 2.45) is 5.92 Å². The van der Waals surface area contributed by atoms with Crippen LogP contribution in [0.25, 0.3) is 28.3 Å². The molecular formula is C37H40Cl2SiZr. The van der Waals surface area contributed by atoms with E-state index in [4.69, 9.17) is 17.0 Å². The number of hydrogen-bond donors (Lipinski definition) is 0. The summed E-state index contributed by atoms with van der Waals surface area (Å²) in [5.74, 6) is 0.528. The Morgan fingerprint density at radius 3 is 2.22 bits per heavy atom. The summed E-state index contributed by atoms with van der Waals surface area (Å²) in [5.41, 5.74) is 13.5. The Morgan fingerprint density at radius 2 is 1.54 bits per heavy atom. The fourth-order valence-corrected chi connectivity index (χ4v) is 24.1. The first-order valence-corrected chi connectivity index (χ1v) is 25.3. The van der Waals surface area contributed by atoms with E-state index in [1.165, 1.54) is 69.3 Å². The van der Waals surface area contributed by atoms with Crippen molar-refractivity contribution >= 4 is 46.3 Å². The molecule has 1 aliphatic carbocycles. The molecule has 1 unspecified atom stereocenters. The van der Waals surface area contributed by atoms with Crippen LogP contribution in [-0.2, 0) is 23.3 Å². The van der Waals surface area contributed by atoms with Crippen molar-refractivity contribution in [3.63, 3.8) is 0 Å².